The molecule has 5 N–H and O–H groups in total. The molecule has 0 heterocycles. The molecule has 0 atom stereocenters. The van der Waals surface area contributed by atoms with E-state index in [9.17, 15) is 24.3 Å². The lowest BCUT2D eigenvalue weighted by molar-refractivity contribution is 0.0485. The Kier molecular flexibility index (Phi) is 7.45. The number of para-hydroxylation sites is 2. The van der Waals surface area contributed by atoms with Crippen LogP contribution in [0.3, 0.4) is 0 Å². The van der Waals surface area contributed by atoms with Gasteiger partial charge in [-0.15, -0.1) is 0 Å². The van der Waals surface area contributed by atoms with Crippen molar-refractivity contribution in [3.8, 4) is 22.6 Å². The number of esters is 2. The van der Waals surface area contributed by atoms with Crippen molar-refractivity contribution in [2.24, 2.45) is 5.90 Å². The normalized spacial score (nSPS) is 10.3. The minimum atomic E-state index is -1.58. The number of nitrogen functional groups attached to an aromatic ring is 1. The molecule has 0 radical (unpaired) electrons. The summed E-state index contributed by atoms with van der Waals surface area (Å²) in [4.78, 5) is 56.5. The van der Waals surface area contributed by atoms with Crippen LogP contribution in [0.4, 0.5) is 5.69 Å². The molecule has 0 unspecified atom stereocenters. The fourth-order valence-electron chi connectivity index (χ4n) is 3.72. The monoisotopic (exact) mass is 512 g/mol. The van der Waals surface area contributed by atoms with Crippen LogP contribution in [0, 0.1) is 0 Å². The van der Waals surface area contributed by atoms with Gasteiger partial charge < -0.3 is 25.2 Å². The Morgan fingerprint density at radius 2 is 1.13 bits per heavy atom. The van der Waals surface area contributed by atoms with Gasteiger partial charge in [0.1, 0.15) is 11.5 Å². The van der Waals surface area contributed by atoms with Crippen LogP contribution in [0.15, 0.2) is 91.0 Å². The quantitative estimate of drug-likeness (QED) is 0.142. The van der Waals surface area contributed by atoms with Crippen molar-refractivity contribution in [2.75, 3.05) is 5.73 Å². The van der Waals surface area contributed by atoms with E-state index in [-0.39, 0.29) is 17.1 Å². The molecule has 0 saturated heterocycles. The summed E-state index contributed by atoms with van der Waals surface area (Å²) in [6, 6.07) is 22.9. The molecule has 0 aromatic heterocycles. The number of rotatable bonds is 7. The fourth-order valence-corrected chi connectivity index (χ4v) is 3.72. The molecule has 0 aliphatic carbocycles. The summed E-state index contributed by atoms with van der Waals surface area (Å²) < 4.78 is 10.9. The maximum atomic E-state index is 13.6. The Bertz CT molecular complexity index is 1520. The summed E-state index contributed by atoms with van der Waals surface area (Å²) in [7, 11) is 0. The van der Waals surface area contributed by atoms with Crippen LogP contribution in [-0.4, -0.2) is 29.0 Å². The Balaban J connectivity index is 2.05. The first-order valence-corrected chi connectivity index (χ1v) is 11.1. The molecule has 4 aromatic rings. The first-order chi connectivity index (χ1) is 18.3. The summed E-state index contributed by atoms with van der Waals surface area (Å²) in [5.74, 6) is 0.0545. The molecule has 4 aromatic carbocycles. The van der Waals surface area contributed by atoms with E-state index in [1.165, 1.54) is 48.5 Å². The number of anilines is 1. The maximum Gasteiger partial charge on any atom is 0.358 e. The van der Waals surface area contributed by atoms with Gasteiger partial charge >= 0.3 is 23.9 Å². The van der Waals surface area contributed by atoms with Gasteiger partial charge in [0.2, 0.25) is 0 Å². The third-order valence-corrected chi connectivity index (χ3v) is 5.41. The van der Waals surface area contributed by atoms with E-state index in [4.69, 9.17) is 21.1 Å². The predicted octanol–water partition coefficient (Wildman–Crippen LogP) is 4.10. The summed E-state index contributed by atoms with van der Waals surface area (Å²) in [6.45, 7) is 0. The van der Waals surface area contributed by atoms with Crippen LogP contribution in [0.5, 0.6) is 11.5 Å². The summed E-state index contributed by atoms with van der Waals surface area (Å²) >= 11 is 0. The number of hydrogen-bond donors (Lipinski definition) is 3. The lowest BCUT2D eigenvalue weighted by atomic mass is 9.88. The van der Waals surface area contributed by atoms with Crippen molar-refractivity contribution in [3.63, 3.8) is 0 Å². The lowest BCUT2D eigenvalue weighted by Crippen LogP contribution is -2.26. The summed E-state index contributed by atoms with van der Waals surface area (Å²) in [5, 5.41) is 9.95. The molecule has 0 fully saturated rings. The number of carbonyl (C=O) groups is 4. The second kappa shape index (κ2) is 11.1. The number of nitrogens with two attached hydrogens (primary N) is 2. The highest BCUT2D eigenvalue weighted by Crippen LogP contribution is 2.34. The van der Waals surface area contributed by atoms with E-state index >= 15 is 0 Å². The highest BCUT2D eigenvalue weighted by Gasteiger charge is 2.35. The Morgan fingerprint density at radius 3 is 1.61 bits per heavy atom. The van der Waals surface area contributed by atoms with E-state index < -0.39 is 46.1 Å². The fraction of sp³-hybridized carbons (Fsp3) is 0. The number of carbonyl (C=O) groups excluding carboxylic acids is 3. The standard InChI is InChI=1S/C28H20N2O8/c29-17-13-11-16(12-14-17)20-15-21(25(31)32)23(28(35)38-30)24(27(34)37-19-9-5-2-6-10-19)22(20)26(33)36-18-7-3-1-4-8-18/h1-15H,29-30H2,(H,31,32). The van der Waals surface area contributed by atoms with Crippen LogP contribution < -0.4 is 21.1 Å². The van der Waals surface area contributed by atoms with Gasteiger partial charge in [-0.2, -0.15) is 5.90 Å². The van der Waals surface area contributed by atoms with Crippen molar-refractivity contribution in [2.45, 2.75) is 0 Å². The van der Waals surface area contributed by atoms with Gasteiger partial charge in [-0.05, 0) is 53.6 Å². The zero-order chi connectivity index (χ0) is 27.2. The average Bonchev–Trinajstić information content (AvgIpc) is 2.92. The Hall–Kier alpha value is -5.48. The van der Waals surface area contributed by atoms with Crippen LogP contribution in [-0.2, 0) is 4.84 Å². The number of benzene rings is 4. The second-order valence-corrected chi connectivity index (χ2v) is 7.83. The Labute approximate surface area is 215 Å². The van der Waals surface area contributed by atoms with Gasteiger partial charge in [-0.3, -0.25) is 0 Å². The summed E-state index contributed by atoms with van der Waals surface area (Å²) in [5.41, 5.74) is 3.90. The molecule has 0 bridgehead atoms. The van der Waals surface area contributed by atoms with E-state index in [0.717, 1.165) is 6.07 Å². The maximum absolute atomic E-state index is 13.6. The van der Waals surface area contributed by atoms with Crippen molar-refractivity contribution in [1.82, 2.24) is 0 Å². The van der Waals surface area contributed by atoms with Gasteiger partial charge in [0.05, 0.1) is 22.3 Å². The average molecular weight is 512 g/mol. The molecule has 38 heavy (non-hydrogen) atoms. The highest BCUT2D eigenvalue weighted by atomic mass is 16.7. The molecule has 0 amide bonds. The van der Waals surface area contributed by atoms with Gasteiger partial charge in [-0.1, -0.05) is 48.5 Å². The smallest absolute Gasteiger partial charge is 0.358 e. The number of hydrogen-bond acceptors (Lipinski definition) is 9. The largest absolute Gasteiger partial charge is 0.478 e. The van der Waals surface area contributed by atoms with Crippen molar-refractivity contribution in [3.05, 3.63) is 113 Å². The lowest BCUT2D eigenvalue weighted by Gasteiger charge is -2.19. The van der Waals surface area contributed by atoms with E-state index in [2.05, 4.69) is 4.84 Å². The number of carboxylic acid groups (broad SMARTS) is 1. The van der Waals surface area contributed by atoms with Crippen molar-refractivity contribution >= 4 is 29.6 Å². The third-order valence-electron chi connectivity index (χ3n) is 5.41. The molecule has 0 spiro atoms. The summed E-state index contributed by atoms with van der Waals surface area (Å²) in [6.07, 6.45) is 0. The Morgan fingerprint density at radius 1 is 0.632 bits per heavy atom. The van der Waals surface area contributed by atoms with E-state index in [0.29, 0.717) is 11.3 Å². The highest BCUT2D eigenvalue weighted by molar-refractivity contribution is 6.18. The van der Waals surface area contributed by atoms with Gasteiger partial charge in [0.25, 0.3) is 0 Å². The van der Waals surface area contributed by atoms with Gasteiger partial charge in [0, 0.05) is 5.69 Å². The molecule has 0 aliphatic rings. The van der Waals surface area contributed by atoms with E-state index in [1.807, 2.05) is 0 Å². The molecular weight excluding hydrogens is 492 g/mol. The number of carboxylic acids is 1. The zero-order valence-corrected chi connectivity index (χ0v) is 19.6. The molecule has 10 nitrogen and oxygen atoms in total. The molecule has 0 aliphatic heterocycles. The van der Waals surface area contributed by atoms with Crippen molar-refractivity contribution < 1.29 is 38.6 Å². The number of ether oxygens (including phenoxy) is 2. The molecule has 190 valence electrons. The van der Waals surface area contributed by atoms with Crippen LogP contribution in [0.2, 0.25) is 0 Å². The third kappa shape index (κ3) is 5.35. The van der Waals surface area contributed by atoms with Crippen LogP contribution in [0.25, 0.3) is 11.1 Å². The van der Waals surface area contributed by atoms with Crippen LogP contribution >= 0.6 is 0 Å². The minimum Gasteiger partial charge on any atom is -0.478 e. The molecule has 10 heteroatoms. The first-order valence-electron chi connectivity index (χ1n) is 11.1. The predicted molar refractivity (Wildman–Crippen MR) is 136 cm³/mol. The van der Waals surface area contributed by atoms with E-state index in [1.54, 1.807) is 36.4 Å². The van der Waals surface area contributed by atoms with Gasteiger partial charge in [-0.25, -0.2) is 19.2 Å². The topological polar surface area (TPSA) is 168 Å². The molecule has 0 saturated carbocycles. The van der Waals surface area contributed by atoms with Crippen LogP contribution in [0.1, 0.15) is 41.4 Å². The molecular formula is C28H20N2O8. The molecule has 4 rings (SSSR count). The second-order valence-electron chi connectivity index (χ2n) is 7.83. The number of aromatic carboxylic acids is 1. The SMILES string of the molecule is NOC(=O)c1c(C(=O)O)cc(-c2ccc(N)cc2)c(C(=O)Oc2ccccc2)c1C(=O)Oc1ccccc1. The zero-order valence-electron chi connectivity index (χ0n) is 19.6. The van der Waals surface area contributed by atoms with Crippen molar-refractivity contribution in [1.29, 1.82) is 0 Å². The first kappa shape index (κ1) is 25.6. The van der Waals surface area contributed by atoms with Gasteiger partial charge in [0.15, 0.2) is 0 Å². The minimum absolute atomic E-state index is 0.0306.